The van der Waals surface area contributed by atoms with Gasteiger partial charge < -0.3 is 15.1 Å². The number of hydrogen-bond acceptors (Lipinski definition) is 4. The van der Waals surface area contributed by atoms with E-state index in [1.807, 2.05) is 19.1 Å². The Morgan fingerprint density at radius 2 is 2.47 bits per heavy atom. The van der Waals surface area contributed by atoms with E-state index in [1.54, 1.807) is 0 Å². The lowest BCUT2D eigenvalue weighted by molar-refractivity contribution is 0.561. The van der Waals surface area contributed by atoms with Gasteiger partial charge in [-0.2, -0.15) is 0 Å². The molecule has 1 aliphatic heterocycles. The Morgan fingerprint density at radius 1 is 1.53 bits per heavy atom. The number of aryl methyl sites for hydroxylation is 1. The number of oxazole rings is 1. The van der Waals surface area contributed by atoms with E-state index < -0.39 is 0 Å². The number of aromatic nitrogens is 1. The molecule has 1 aliphatic rings. The van der Waals surface area contributed by atoms with E-state index in [1.165, 1.54) is 6.42 Å². The highest BCUT2D eigenvalue weighted by Crippen LogP contribution is 2.20. The normalized spacial score (nSPS) is 19.9. The molecule has 17 heavy (non-hydrogen) atoms. The van der Waals surface area contributed by atoms with Crippen molar-refractivity contribution >= 4 is 16.8 Å². The maximum atomic E-state index is 5.52. The van der Waals surface area contributed by atoms with Crippen LogP contribution in [0.1, 0.15) is 12.3 Å². The molecule has 3 rings (SSSR count). The summed E-state index contributed by atoms with van der Waals surface area (Å²) in [6, 6.07) is 6.09. The fraction of sp³-hybridized carbons (Fsp3) is 0.462. The zero-order valence-electron chi connectivity index (χ0n) is 9.99. The zero-order chi connectivity index (χ0) is 11.7. The lowest BCUT2D eigenvalue weighted by Crippen LogP contribution is -2.17. The lowest BCUT2D eigenvalue weighted by atomic mass is 10.1. The summed E-state index contributed by atoms with van der Waals surface area (Å²) in [5, 5.41) is 6.83. The van der Waals surface area contributed by atoms with Gasteiger partial charge in [-0.25, -0.2) is 4.98 Å². The second-order valence-electron chi connectivity index (χ2n) is 4.66. The number of benzene rings is 1. The van der Waals surface area contributed by atoms with Crippen LogP contribution in [0.25, 0.3) is 11.1 Å². The molecule has 0 amide bonds. The van der Waals surface area contributed by atoms with Crippen molar-refractivity contribution in [1.29, 1.82) is 0 Å². The summed E-state index contributed by atoms with van der Waals surface area (Å²) in [7, 11) is 0. The molecule has 1 atom stereocenters. The monoisotopic (exact) mass is 231 g/mol. The topological polar surface area (TPSA) is 50.1 Å². The smallest absolute Gasteiger partial charge is 0.192 e. The molecule has 0 spiro atoms. The first-order valence-electron chi connectivity index (χ1n) is 6.13. The maximum absolute atomic E-state index is 5.52. The number of hydrogen-bond donors (Lipinski definition) is 2. The van der Waals surface area contributed by atoms with Crippen LogP contribution in [0.2, 0.25) is 0 Å². The van der Waals surface area contributed by atoms with Gasteiger partial charge in [0.1, 0.15) is 5.52 Å². The molecule has 2 N–H and O–H groups in total. The molecule has 1 saturated heterocycles. The summed E-state index contributed by atoms with van der Waals surface area (Å²) in [5.74, 6) is 1.46. The molecule has 1 unspecified atom stereocenters. The summed E-state index contributed by atoms with van der Waals surface area (Å²) in [5.41, 5.74) is 2.90. The van der Waals surface area contributed by atoms with E-state index in [-0.39, 0.29) is 0 Å². The van der Waals surface area contributed by atoms with E-state index >= 15 is 0 Å². The van der Waals surface area contributed by atoms with E-state index in [2.05, 4.69) is 21.7 Å². The van der Waals surface area contributed by atoms with Crippen LogP contribution in [-0.2, 0) is 0 Å². The Kier molecular flexibility index (Phi) is 2.73. The second kappa shape index (κ2) is 4.37. The third-order valence-electron chi connectivity index (χ3n) is 3.25. The van der Waals surface area contributed by atoms with Crippen LogP contribution >= 0.6 is 0 Å². The predicted octanol–water partition coefficient (Wildman–Crippen LogP) is 2.16. The van der Waals surface area contributed by atoms with Crippen LogP contribution in [0.15, 0.2) is 22.6 Å². The van der Waals surface area contributed by atoms with Gasteiger partial charge in [-0.15, -0.1) is 0 Å². The van der Waals surface area contributed by atoms with Gasteiger partial charge in [0.25, 0.3) is 0 Å². The molecule has 90 valence electrons. The summed E-state index contributed by atoms with van der Waals surface area (Å²) >= 11 is 0. The number of anilines is 1. The third-order valence-corrected chi connectivity index (χ3v) is 3.25. The molecule has 0 aliphatic carbocycles. The van der Waals surface area contributed by atoms with Gasteiger partial charge in [0.2, 0.25) is 0 Å². The van der Waals surface area contributed by atoms with Crippen LogP contribution in [0, 0.1) is 12.8 Å². The maximum Gasteiger partial charge on any atom is 0.192 e. The van der Waals surface area contributed by atoms with Crippen LogP contribution < -0.4 is 10.6 Å². The number of nitrogens with one attached hydrogen (secondary N) is 2. The Balaban J connectivity index is 1.71. The van der Waals surface area contributed by atoms with Gasteiger partial charge in [-0.05, 0) is 37.6 Å². The minimum Gasteiger partial charge on any atom is -0.441 e. The van der Waals surface area contributed by atoms with Gasteiger partial charge in [-0.3, -0.25) is 0 Å². The van der Waals surface area contributed by atoms with Crippen molar-refractivity contribution in [3.63, 3.8) is 0 Å². The van der Waals surface area contributed by atoms with E-state index in [0.29, 0.717) is 0 Å². The number of fused-ring (bicyclic) bond motifs is 1. The van der Waals surface area contributed by atoms with Gasteiger partial charge in [0.15, 0.2) is 11.5 Å². The van der Waals surface area contributed by atoms with Crippen LogP contribution in [0.3, 0.4) is 0 Å². The van der Waals surface area contributed by atoms with Crippen molar-refractivity contribution in [3.8, 4) is 0 Å². The van der Waals surface area contributed by atoms with Gasteiger partial charge in [-0.1, -0.05) is 0 Å². The molecule has 2 heterocycles. The SMILES string of the molecule is Cc1nc2ccc(NCC3CCNC3)cc2o1. The lowest BCUT2D eigenvalue weighted by Gasteiger charge is -2.10. The average Bonchev–Trinajstić information content (AvgIpc) is 2.92. The first-order chi connectivity index (χ1) is 8.31. The highest BCUT2D eigenvalue weighted by molar-refractivity contribution is 5.77. The molecule has 0 bridgehead atoms. The van der Waals surface area contributed by atoms with Crippen molar-refractivity contribution in [1.82, 2.24) is 10.3 Å². The second-order valence-corrected chi connectivity index (χ2v) is 4.66. The van der Waals surface area contributed by atoms with Crippen molar-refractivity contribution < 1.29 is 4.42 Å². The molecule has 4 nitrogen and oxygen atoms in total. The van der Waals surface area contributed by atoms with E-state index in [4.69, 9.17) is 4.42 Å². The number of rotatable bonds is 3. The minimum atomic E-state index is 0.720. The Hall–Kier alpha value is -1.55. The predicted molar refractivity (Wildman–Crippen MR) is 68.2 cm³/mol. The van der Waals surface area contributed by atoms with Crippen LogP contribution in [0.5, 0.6) is 0 Å². The fourth-order valence-corrected chi connectivity index (χ4v) is 2.30. The largest absolute Gasteiger partial charge is 0.441 e. The van der Waals surface area contributed by atoms with Crippen LogP contribution in [-0.4, -0.2) is 24.6 Å². The Bertz CT molecular complexity index is 514. The summed E-state index contributed by atoms with van der Waals surface area (Å²) < 4.78 is 5.52. The van der Waals surface area contributed by atoms with Crippen molar-refractivity contribution in [2.24, 2.45) is 5.92 Å². The molecule has 0 saturated carbocycles. The molecular formula is C13H17N3O. The average molecular weight is 231 g/mol. The molecule has 1 aromatic carbocycles. The first-order valence-corrected chi connectivity index (χ1v) is 6.13. The van der Waals surface area contributed by atoms with E-state index in [0.717, 1.165) is 48.2 Å². The molecule has 4 heteroatoms. The molecule has 1 aromatic heterocycles. The highest BCUT2D eigenvalue weighted by Gasteiger charge is 2.13. The molecule has 1 fully saturated rings. The quantitative estimate of drug-likeness (QED) is 0.850. The Morgan fingerprint density at radius 3 is 3.29 bits per heavy atom. The minimum absolute atomic E-state index is 0.720. The highest BCUT2D eigenvalue weighted by atomic mass is 16.3. The molecule has 2 aromatic rings. The third kappa shape index (κ3) is 2.26. The van der Waals surface area contributed by atoms with Gasteiger partial charge >= 0.3 is 0 Å². The zero-order valence-corrected chi connectivity index (χ0v) is 9.99. The van der Waals surface area contributed by atoms with Crippen LogP contribution in [0.4, 0.5) is 5.69 Å². The van der Waals surface area contributed by atoms with E-state index in [9.17, 15) is 0 Å². The van der Waals surface area contributed by atoms with Crippen molar-refractivity contribution in [3.05, 3.63) is 24.1 Å². The fourth-order valence-electron chi connectivity index (χ4n) is 2.30. The van der Waals surface area contributed by atoms with Crippen molar-refractivity contribution in [2.45, 2.75) is 13.3 Å². The number of nitrogens with zero attached hydrogens (tertiary/aromatic N) is 1. The summed E-state index contributed by atoms with van der Waals surface area (Å²) in [6.07, 6.45) is 1.26. The molecule has 0 radical (unpaired) electrons. The first kappa shape index (κ1) is 10.6. The summed E-state index contributed by atoms with van der Waals surface area (Å²) in [6.45, 7) is 5.16. The van der Waals surface area contributed by atoms with Gasteiger partial charge in [0.05, 0.1) is 0 Å². The Labute approximate surface area is 100 Å². The molecular weight excluding hydrogens is 214 g/mol. The van der Waals surface area contributed by atoms with Gasteiger partial charge in [0, 0.05) is 25.2 Å². The summed E-state index contributed by atoms with van der Waals surface area (Å²) in [4.78, 5) is 4.29. The standard InChI is InChI=1S/C13H17N3O/c1-9-16-12-3-2-11(6-13(12)17-9)15-8-10-4-5-14-7-10/h2-3,6,10,14-15H,4-5,7-8H2,1H3. The van der Waals surface area contributed by atoms with Crippen molar-refractivity contribution in [2.75, 3.05) is 25.0 Å².